The van der Waals surface area contributed by atoms with Crippen LogP contribution in [0.15, 0.2) is 54.7 Å². The van der Waals surface area contributed by atoms with Crippen LogP contribution >= 0.6 is 0 Å². The second-order valence-electron chi connectivity index (χ2n) is 4.79. The molecule has 0 radical (unpaired) electrons. The number of aromatic nitrogens is 1. The van der Waals surface area contributed by atoms with Crippen LogP contribution in [0.1, 0.15) is 11.3 Å². The predicted octanol–water partition coefficient (Wildman–Crippen LogP) is 3.30. The summed E-state index contributed by atoms with van der Waals surface area (Å²) in [7, 11) is 0. The van der Waals surface area contributed by atoms with E-state index in [0.29, 0.717) is 5.69 Å². The summed E-state index contributed by atoms with van der Waals surface area (Å²) in [5.41, 5.74) is -0.868. The van der Waals surface area contributed by atoms with Gasteiger partial charge in [-0.1, -0.05) is 18.2 Å². The highest BCUT2D eigenvalue weighted by molar-refractivity contribution is 5.95. The normalized spacial score (nSPS) is 11.3. The Morgan fingerprint density at radius 3 is 2.52 bits per heavy atom. The Hall–Kier alpha value is -3.16. The summed E-state index contributed by atoms with van der Waals surface area (Å²) < 4.78 is 43.1. The molecule has 0 spiro atoms. The molecule has 2 rings (SSSR count). The SMILES string of the molecule is O=C(COC(=O)/C=C/c1ccccn1)Nc1ccccc1C(F)(F)F. The number of carbonyl (C=O) groups excluding carboxylic acids is 2. The minimum atomic E-state index is -4.61. The third kappa shape index (κ3) is 5.76. The summed E-state index contributed by atoms with van der Waals surface area (Å²) in [6.45, 7) is -0.711. The second-order valence-corrected chi connectivity index (χ2v) is 4.79. The number of pyridine rings is 1. The zero-order valence-electron chi connectivity index (χ0n) is 12.8. The molecule has 5 nitrogen and oxygen atoms in total. The van der Waals surface area contributed by atoms with E-state index in [1.807, 2.05) is 0 Å². The van der Waals surface area contributed by atoms with Crippen molar-refractivity contribution in [3.05, 3.63) is 66.0 Å². The minimum Gasteiger partial charge on any atom is -0.452 e. The molecule has 0 saturated heterocycles. The monoisotopic (exact) mass is 350 g/mol. The molecule has 0 bridgehead atoms. The Labute approximate surface area is 141 Å². The lowest BCUT2D eigenvalue weighted by Gasteiger charge is -2.13. The van der Waals surface area contributed by atoms with Gasteiger partial charge in [0, 0.05) is 12.3 Å². The highest BCUT2D eigenvalue weighted by atomic mass is 19.4. The molecule has 8 heteroatoms. The van der Waals surface area contributed by atoms with Crippen molar-refractivity contribution in [1.29, 1.82) is 0 Å². The van der Waals surface area contributed by atoms with Gasteiger partial charge >= 0.3 is 12.1 Å². The van der Waals surface area contributed by atoms with Gasteiger partial charge < -0.3 is 10.1 Å². The fraction of sp³-hybridized carbons (Fsp3) is 0.118. The van der Waals surface area contributed by atoms with Crippen LogP contribution in [0.5, 0.6) is 0 Å². The number of para-hydroxylation sites is 1. The van der Waals surface area contributed by atoms with Crippen LogP contribution < -0.4 is 5.32 Å². The maximum Gasteiger partial charge on any atom is 0.418 e. The quantitative estimate of drug-likeness (QED) is 0.664. The van der Waals surface area contributed by atoms with Crippen molar-refractivity contribution < 1.29 is 27.5 Å². The van der Waals surface area contributed by atoms with Gasteiger partial charge in [0.1, 0.15) is 0 Å². The van der Waals surface area contributed by atoms with Crippen molar-refractivity contribution in [2.45, 2.75) is 6.18 Å². The first-order valence-electron chi connectivity index (χ1n) is 7.08. The Morgan fingerprint density at radius 1 is 1.12 bits per heavy atom. The molecule has 25 heavy (non-hydrogen) atoms. The average molecular weight is 350 g/mol. The third-order valence-electron chi connectivity index (χ3n) is 2.93. The van der Waals surface area contributed by atoms with Crippen molar-refractivity contribution in [3.63, 3.8) is 0 Å². The van der Waals surface area contributed by atoms with E-state index < -0.39 is 35.9 Å². The molecule has 0 fully saturated rings. The van der Waals surface area contributed by atoms with Crippen molar-refractivity contribution in [3.8, 4) is 0 Å². The molecule has 130 valence electrons. The van der Waals surface area contributed by atoms with Gasteiger partial charge in [0.25, 0.3) is 5.91 Å². The molecule has 1 aromatic heterocycles. The largest absolute Gasteiger partial charge is 0.452 e. The number of rotatable bonds is 5. The van der Waals surface area contributed by atoms with E-state index in [9.17, 15) is 22.8 Å². The van der Waals surface area contributed by atoms with Crippen molar-refractivity contribution in [1.82, 2.24) is 4.98 Å². The first kappa shape index (κ1) is 18.2. The van der Waals surface area contributed by atoms with Crippen LogP contribution in [0.3, 0.4) is 0 Å². The Balaban J connectivity index is 1.89. The maximum atomic E-state index is 12.8. The van der Waals surface area contributed by atoms with Gasteiger partial charge in [-0.15, -0.1) is 0 Å². The number of esters is 1. The van der Waals surface area contributed by atoms with Crippen molar-refractivity contribution >= 4 is 23.6 Å². The van der Waals surface area contributed by atoms with E-state index in [4.69, 9.17) is 0 Å². The molecule has 0 unspecified atom stereocenters. The van der Waals surface area contributed by atoms with Crippen LogP contribution in [0.2, 0.25) is 0 Å². The van der Waals surface area contributed by atoms with Crippen LogP contribution in [0.25, 0.3) is 6.08 Å². The van der Waals surface area contributed by atoms with E-state index in [1.165, 1.54) is 24.4 Å². The summed E-state index contributed by atoms with van der Waals surface area (Å²) in [5.74, 6) is -1.69. The number of carbonyl (C=O) groups is 2. The number of benzene rings is 1. The third-order valence-corrected chi connectivity index (χ3v) is 2.93. The van der Waals surface area contributed by atoms with E-state index in [-0.39, 0.29) is 0 Å². The second kappa shape index (κ2) is 8.09. The Morgan fingerprint density at radius 2 is 1.84 bits per heavy atom. The van der Waals surface area contributed by atoms with Crippen molar-refractivity contribution in [2.75, 3.05) is 11.9 Å². The van der Waals surface area contributed by atoms with Crippen LogP contribution in [-0.4, -0.2) is 23.5 Å². The number of amides is 1. The minimum absolute atomic E-state index is 0.403. The van der Waals surface area contributed by atoms with Gasteiger partial charge in [-0.2, -0.15) is 13.2 Å². The molecule has 1 amide bonds. The van der Waals surface area contributed by atoms with Gasteiger partial charge in [-0.25, -0.2) is 4.79 Å². The highest BCUT2D eigenvalue weighted by Gasteiger charge is 2.33. The van der Waals surface area contributed by atoms with E-state index in [2.05, 4.69) is 15.0 Å². The van der Waals surface area contributed by atoms with Crippen LogP contribution in [0, 0.1) is 0 Å². The van der Waals surface area contributed by atoms with E-state index >= 15 is 0 Å². The summed E-state index contributed by atoms with van der Waals surface area (Å²) in [4.78, 5) is 27.1. The topological polar surface area (TPSA) is 68.3 Å². The fourth-order valence-corrected chi connectivity index (χ4v) is 1.84. The van der Waals surface area contributed by atoms with Crippen LogP contribution in [-0.2, 0) is 20.5 Å². The Bertz CT molecular complexity index is 774. The fourth-order valence-electron chi connectivity index (χ4n) is 1.84. The van der Waals surface area contributed by atoms with Gasteiger partial charge in [0.15, 0.2) is 6.61 Å². The molecule has 0 atom stereocenters. The summed E-state index contributed by atoms with van der Waals surface area (Å²) in [6, 6.07) is 9.61. The smallest absolute Gasteiger partial charge is 0.418 e. The van der Waals surface area contributed by atoms with Crippen molar-refractivity contribution in [2.24, 2.45) is 0 Å². The van der Waals surface area contributed by atoms with E-state index in [0.717, 1.165) is 18.2 Å². The Kier molecular flexibility index (Phi) is 5.89. The average Bonchev–Trinajstić information content (AvgIpc) is 2.58. The number of hydrogen-bond acceptors (Lipinski definition) is 4. The van der Waals surface area contributed by atoms with Gasteiger partial charge in [0.05, 0.1) is 16.9 Å². The molecule has 1 aromatic carbocycles. The number of alkyl halides is 3. The lowest BCUT2D eigenvalue weighted by Crippen LogP contribution is -2.22. The highest BCUT2D eigenvalue weighted by Crippen LogP contribution is 2.34. The zero-order valence-corrected chi connectivity index (χ0v) is 12.8. The number of ether oxygens (including phenoxy) is 1. The number of hydrogen-bond donors (Lipinski definition) is 1. The standard InChI is InChI=1S/C17H13F3N2O3/c18-17(19,20)13-6-1-2-7-14(13)22-15(23)11-25-16(24)9-8-12-5-3-4-10-21-12/h1-10H,11H2,(H,22,23)/b9-8+. The summed E-state index contributed by atoms with van der Waals surface area (Å²) in [6.07, 6.45) is -0.610. The molecule has 0 aliphatic carbocycles. The summed E-state index contributed by atoms with van der Waals surface area (Å²) >= 11 is 0. The van der Waals surface area contributed by atoms with Crippen LogP contribution in [0.4, 0.5) is 18.9 Å². The molecule has 2 aromatic rings. The number of anilines is 1. The van der Waals surface area contributed by atoms with Gasteiger partial charge in [-0.05, 0) is 30.3 Å². The lowest BCUT2D eigenvalue weighted by molar-refractivity contribution is -0.142. The predicted molar refractivity (Wildman–Crippen MR) is 84.3 cm³/mol. The number of nitrogens with zero attached hydrogens (tertiary/aromatic N) is 1. The number of nitrogens with one attached hydrogen (secondary N) is 1. The molecule has 0 aliphatic rings. The van der Waals surface area contributed by atoms with Gasteiger partial charge in [0.2, 0.25) is 0 Å². The molecular weight excluding hydrogens is 337 g/mol. The molecule has 1 heterocycles. The molecule has 0 aliphatic heterocycles. The molecular formula is C17H13F3N2O3. The molecule has 0 saturated carbocycles. The molecule has 1 N–H and O–H groups in total. The maximum absolute atomic E-state index is 12.8. The lowest BCUT2D eigenvalue weighted by atomic mass is 10.1. The zero-order chi connectivity index (χ0) is 18.3. The summed E-state index contributed by atoms with van der Waals surface area (Å²) in [5, 5.41) is 2.07. The first-order valence-corrected chi connectivity index (χ1v) is 7.08. The first-order chi connectivity index (χ1) is 11.9. The van der Waals surface area contributed by atoms with Gasteiger partial charge in [-0.3, -0.25) is 9.78 Å². The number of halogens is 3. The van der Waals surface area contributed by atoms with E-state index in [1.54, 1.807) is 18.2 Å².